The molecule has 0 radical (unpaired) electrons. The Balaban J connectivity index is 1.87. The number of fused-ring (bicyclic) bond motifs is 1. The van der Waals surface area contributed by atoms with Gasteiger partial charge in [0.15, 0.2) is 0 Å². The number of hydrogen-bond acceptors (Lipinski definition) is 6. The molecular formula is C23H23FN2O5. The summed E-state index contributed by atoms with van der Waals surface area (Å²) in [5.41, 5.74) is -0.886. The summed E-state index contributed by atoms with van der Waals surface area (Å²) in [4.78, 5) is 41.1. The van der Waals surface area contributed by atoms with Crippen LogP contribution in [0.5, 0.6) is 5.75 Å². The van der Waals surface area contributed by atoms with Gasteiger partial charge in [0, 0.05) is 17.7 Å². The molecule has 7 nitrogen and oxygen atoms in total. The Morgan fingerprint density at radius 3 is 2.52 bits per heavy atom. The van der Waals surface area contributed by atoms with Crippen molar-refractivity contribution in [3.05, 3.63) is 59.9 Å². The molecule has 1 N–H and O–H groups in total. The number of ether oxygens (including phenoxy) is 2. The molecule has 2 amide bonds. The van der Waals surface area contributed by atoms with Crippen LogP contribution in [0.2, 0.25) is 0 Å². The smallest absolute Gasteiger partial charge is 0.326 e. The molecule has 0 bridgehead atoms. The zero-order valence-corrected chi connectivity index (χ0v) is 17.4. The van der Waals surface area contributed by atoms with E-state index < -0.39 is 47.0 Å². The van der Waals surface area contributed by atoms with E-state index >= 15 is 0 Å². The van der Waals surface area contributed by atoms with E-state index in [0.29, 0.717) is 11.4 Å². The van der Waals surface area contributed by atoms with Crippen molar-refractivity contribution in [3.63, 3.8) is 0 Å². The van der Waals surface area contributed by atoms with Gasteiger partial charge in [-0.2, -0.15) is 0 Å². The Bertz CT molecular complexity index is 1060. The van der Waals surface area contributed by atoms with Crippen molar-refractivity contribution in [3.8, 4) is 5.75 Å². The summed E-state index contributed by atoms with van der Waals surface area (Å²) in [6.07, 6.45) is 0.191. The van der Waals surface area contributed by atoms with Crippen molar-refractivity contribution in [1.82, 2.24) is 5.32 Å². The van der Waals surface area contributed by atoms with E-state index in [1.807, 2.05) is 0 Å². The maximum absolute atomic E-state index is 14.7. The molecule has 0 unspecified atom stereocenters. The Morgan fingerprint density at radius 2 is 1.87 bits per heavy atom. The van der Waals surface area contributed by atoms with Crippen LogP contribution in [0.4, 0.5) is 10.1 Å². The number of halogens is 1. The van der Waals surface area contributed by atoms with Crippen LogP contribution < -0.4 is 15.0 Å². The lowest BCUT2D eigenvalue weighted by atomic mass is 9.78. The molecule has 0 saturated carbocycles. The van der Waals surface area contributed by atoms with E-state index in [0.717, 1.165) is 4.90 Å². The van der Waals surface area contributed by atoms with Gasteiger partial charge in [-0.25, -0.2) is 9.29 Å². The largest absolute Gasteiger partial charge is 0.497 e. The molecule has 2 aromatic rings. The van der Waals surface area contributed by atoms with Gasteiger partial charge in [-0.15, -0.1) is 0 Å². The molecule has 2 heterocycles. The van der Waals surface area contributed by atoms with Crippen molar-refractivity contribution in [2.45, 2.75) is 24.9 Å². The van der Waals surface area contributed by atoms with Crippen molar-refractivity contribution < 1.29 is 28.2 Å². The fraction of sp³-hybridized carbons (Fsp3) is 0.348. The molecule has 162 valence electrons. The number of carbonyl (C=O) groups is 3. The second kappa shape index (κ2) is 7.77. The van der Waals surface area contributed by atoms with Crippen molar-refractivity contribution in [2.75, 3.05) is 19.1 Å². The van der Waals surface area contributed by atoms with Gasteiger partial charge < -0.3 is 9.47 Å². The molecule has 0 aromatic heterocycles. The normalized spacial score (nSPS) is 27.4. The van der Waals surface area contributed by atoms with Gasteiger partial charge in [-0.3, -0.25) is 19.7 Å². The molecule has 2 aromatic carbocycles. The van der Waals surface area contributed by atoms with Crippen molar-refractivity contribution in [1.29, 1.82) is 0 Å². The first-order chi connectivity index (χ1) is 14.9. The minimum Gasteiger partial charge on any atom is -0.497 e. The standard InChI is InChI=1S/C23H23FN2O5/c1-4-23(22(29)31-3)18-17(19(25-23)15-10-5-6-11-16(15)24)20(27)26(21(18)28)13-8-7-9-14(12-13)30-2/h5-12,17-19,25H,4H2,1-3H3/t17-,18+,19-,23+/m1/s1. The summed E-state index contributed by atoms with van der Waals surface area (Å²) in [7, 11) is 2.72. The molecular weight excluding hydrogens is 403 g/mol. The molecule has 8 heteroatoms. The first kappa shape index (κ1) is 21.0. The number of amides is 2. The summed E-state index contributed by atoms with van der Waals surface area (Å²) < 4.78 is 24.9. The SMILES string of the molecule is CC[C@]1(C(=O)OC)N[C@H](c2ccccc2F)[C@@H]2C(=O)N(c3cccc(OC)c3)C(=O)[C@H]21. The van der Waals surface area contributed by atoms with Crippen LogP contribution in [0.3, 0.4) is 0 Å². The molecule has 2 aliphatic rings. The minimum absolute atomic E-state index is 0.191. The van der Waals surface area contributed by atoms with Crippen LogP contribution in [0, 0.1) is 17.7 Å². The topological polar surface area (TPSA) is 84.9 Å². The number of nitrogens with zero attached hydrogens (tertiary/aromatic N) is 1. The van der Waals surface area contributed by atoms with Crippen molar-refractivity contribution >= 4 is 23.5 Å². The molecule has 2 fully saturated rings. The number of methoxy groups -OCH3 is 2. The lowest BCUT2D eigenvalue weighted by molar-refractivity contribution is -0.152. The quantitative estimate of drug-likeness (QED) is 0.585. The van der Waals surface area contributed by atoms with E-state index in [-0.39, 0.29) is 12.0 Å². The fourth-order valence-corrected chi connectivity index (χ4v) is 4.84. The highest BCUT2D eigenvalue weighted by Gasteiger charge is 2.68. The van der Waals surface area contributed by atoms with Crippen LogP contribution in [0.25, 0.3) is 0 Å². The molecule has 0 aliphatic carbocycles. The van der Waals surface area contributed by atoms with Gasteiger partial charge in [0.25, 0.3) is 0 Å². The third-order valence-corrected chi connectivity index (χ3v) is 6.31. The average Bonchev–Trinajstić information content (AvgIpc) is 3.27. The van der Waals surface area contributed by atoms with E-state index in [4.69, 9.17) is 9.47 Å². The third kappa shape index (κ3) is 3.01. The lowest BCUT2D eigenvalue weighted by Crippen LogP contribution is -2.56. The predicted molar refractivity (Wildman–Crippen MR) is 110 cm³/mol. The highest BCUT2D eigenvalue weighted by atomic mass is 19.1. The summed E-state index contributed by atoms with van der Waals surface area (Å²) in [6.45, 7) is 1.73. The van der Waals surface area contributed by atoms with E-state index in [2.05, 4.69) is 5.32 Å². The number of anilines is 1. The monoisotopic (exact) mass is 426 g/mol. The van der Waals surface area contributed by atoms with Gasteiger partial charge >= 0.3 is 5.97 Å². The fourth-order valence-electron chi connectivity index (χ4n) is 4.84. The Kier molecular flexibility index (Phi) is 5.26. The maximum Gasteiger partial charge on any atom is 0.326 e. The Labute approximate surface area is 179 Å². The van der Waals surface area contributed by atoms with Gasteiger partial charge in [0.1, 0.15) is 17.1 Å². The van der Waals surface area contributed by atoms with Gasteiger partial charge in [0.2, 0.25) is 11.8 Å². The van der Waals surface area contributed by atoms with Crippen LogP contribution in [-0.2, 0) is 19.1 Å². The number of carbonyl (C=O) groups excluding carboxylic acids is 3. The number of benzene rings is 2. The molecule has 2 saturated heterocycles. The van der Waals surface area contributed by atoms with E-state index in [9.17, 15) is 18.8 Å². The Morgan fingerprint density at radius 1 is 1.13 bits per heavy atom. The molecule has 4 rings (SSSR count). The van der Waals surface area contributed by atoms with Gasteiger partial charge in [-0.05, 0) is 24.6 Å². The van der Waals surface area contributed by atoms with Crippen LogP contribution in [-0.4, -0.2) is 37.5 Å². The summed E-state index contributed by atoms with van der Waals surface area (Å²) in [5, 5.41) is 3.11. The average molecular weight is 426 g/mol. The number of rotatable bonds is 5. The highest BCUT2D eigenvalue weighted by Crippen LogP contribution is 2.51. The maximum atomic E-state index is 14.7. The molecule has 31 heavy (non-hydrogen) atoms. The highest BCUT2D eigenvalue weighted by molar-refractivity contribution is 6.24. The lowest BCUT2D eigenvalue weighted by Gasteiger charge is -2.31. The van der Waals surface area contributed by atoms with Crippen LogP contribution in [0.1, 0.15) is 24.9 Å². The number of hydrogen-bond donors (Lipinski definition) is 1. The number of imide groups is 1. The van der Waals surface area contributed by atoms with Gasteiger partial charge in [-0.1, -0.05) is 31.2 Å². The van der Waals surface area contributed by atoms with E-state index in [1.165, 1.54) is 20.3 Å². The zero-order chi connectivity index (χ0) is 22.3. The molecule has 4 atom stereocenters. The second-order valence-corrected chi connectivity index (χ2v) is 7.68. The summed E-state index contributed by atoms with van der Waals surface area (Å²) in [5.74, 6) is -3.71. The summed E-state index contributed by atoms with van der Waals surface area (Å²) in [6, 6.07) is 11.7. The van der Waals surface area contributed by atoms with Gasteiger partial charge in [0.05, 0.1) is 31.7 Å². The number of nitrogens with one attached hydrogen (secondary N) is 1. The summed E-state index contributed by atoms with van der Waals surface area (Å²) >= 11 is 0. The first-order valence-electron chi connectivity index (χ1n) is 10.0. The van der Waals surface area contributed by atoms with Crippen LogP contribution in [0.15, 0.2) is 48.5 Å². The van der Waals surface area contributed by atoms with E-state index in [1.54, 1.807) is 49.4 Å². The predicted octanol–water partition coefficient (Wildman–Crippen LogP) is 2.61. The first-order valence-corrected chi connectivity index (χ1v) is 10.0. The second-order valence-electron chi connectivity index (χ2n) is 7.68. The molecule has 0 spiro atoms. The third-order valence-electron chi connectivity index (χ3n) is 6.31. The minimum atomic E-state index is -1.45. The zero-order valence-electron chi connectivity index (χ0n) is 17.4. The van der Waals surface area contributed by atoms with Crippen LogP contribution >= 0.6 is 0 Å². The van der Waals surface area contributed by atoms with Crippen molar-refractivity contribution in [2.24, 2.45) is 11.8 Å². The Hall–Kier alpha value is -3.26. The number of esters is 1. The molecule has 2 aliphatic heterocycles.